The summed E-state index contributed by atoms with van der Waals surface area (Å²) in [6, 6.07) is 11.8. The minimum absolute atomic E-state index is 0.145. The average molecular weight is 485 g/mol. The molecule has 0 aliphatic carbocycles. The first-order chi connectivity index (χ1) is 15.8. The summed E-state index contributed by atoms with van der Waals surface area (Å²) in [5.41, 5.74) is 0.256. The smallest absolute Gasteiger partial charge is 0.277 e. The van der Waals surface area contributed by atoms with E-state index < -0.39 is 63.8 Å². The summed E-state index contributed by atoms with van der Waals surface area (Å²) in [6.07, 6.45) is -1.13. The van der Waals surface area contributed by atoms with Crippen molar-refractivity contribution in [2.75, 3.05) is 18.5 Å². The summed E-state index contributed by atoms with van der Waals surface area (Å²) in [5, 5.41) is 11.4. The van der Waals surface area contributed by atoms with Crippen LogP contribution in [0.4, 0.5) is 28.9 Å². The summed E-state index contributed by atoms with van der Waals surface area (Å²) >= 11 is 5.63. The summed E-state index contributed by atoms with van der Waals surface area (Å²) < 4.78 is 60.9. The first-order valence-corrected chi connectivity index (χ1v) is 9.81. The van der Waals surface area contributed by atoms with Gasteiger partial charge in [0.25, 0.3) is 5.91 Å². The minimum Gasteiger partial charge on any atom is -0.491 e. The SMILES string of the molecule is O=C(NOCC(O)COc1ccccc1)c1cc(Cl)c(F)c(F)c1Nc1ccc(F)cc1F. The largest absolute Gasteiger partial charge is 0.491 e. The van der Waals surface area contributed by atoms with E-state index in [-0.39, 0.29) is 6.61 Å². The number of aliphatic hydroxyl groups excluding tert-OH is 1. The van der Waals surface area contributed by atoms with E-state index in [9.17, 15) is 27.5 Å². The number of amides is 1. The number of ether oxygens (including phenoxy) is 1. The number of carbonyl (C=O) groups excluding carboxylic acids is 1. The van der Waals surface area contributed by atoms with Crippen LogP contribution in [0, 0.1) is 23.3 Å². The molecule has 3 N–H and O–H groups in total. The summed E-state index contributed by atoms with van der Waals surface area (Å²) in [6.45, 7) is -0.543. The van der Waals surface area contributed by atoms with Gasteiger partial charge in [0.05, 0.1) is 22.0 Å². The molecule has 0 radical (unpaired) electrons. The lowest BCUT2D eigenvalue weighted by atomic mass is 10.1. The van der Waals surface area contributed by atoms with Crippen molar-refractivity contribution in [1.82, 2.24) is 5.48 Å². The first-order valence-electron chi connectivity index (χ1n) is 9.44. The van der Waals surface area contributed by atoms with Crippen molar-refractivity contribution in [3.05, 3.63) is 88.5 Å². The van der Waals surface area contributed by atoms with E-state index in [2.05, 4.69) is 5.32 Å². The highest BCUT2D eigenvalue weighted by Crippen LogP contribution is 2.32. The normalized spacial score (nSPS) is 11.7. The second kappa shape index (κ2) is 11.0. The Morgan fingerprint density at radius 2 is 1.73 bits per heavy atom. The highest BCUT2D eigenvalue weighted by atomic mass is 35.5. The van der Waals surface area contributed by atoms with E-state index in [0.717, 1.165) is 18.2 Å². The Morgan fingerprint density at radius 3 is 2.42 bits per heavy atom. The third kappa shape index (κ3) is 6.35. The van der Waals surface area contributed by atoms with Crippen LogP contribution in [0.15, 0.2) is 54.6 Å². The maximum absolute atomic E-state index is 14.5. The molecular weight excluding hydrogens is 468 g/mol. The van der Waals surface area contributed by atoms with E-state index in [1.165, 1.54) is 0 Å². The molecule has 0 heterocycles. The monoisotopic (exact) mass is 484 g/mol. The first kappa shape index (κ1) is 24.3. The van der Waals surface area contributed by atoms with Gasteiger partial charge in [-0.2, -0.15) is 0 Å². The van der Waals surface area contributed by atoms with Gasteiger partial charge in [-0.25, -0.2) is 23.0 Å². The predicted octanol–water partition coefficient (Wildman–Crippen LogP) is 4.74. The number of benzene rings is 3. The van der Waals surface area contributed by atoms with Crippen LogP contribution in [0.1, 0.15) is 10.4 Å². The molecule has 0 bridgehead atoms. The minimum atomic E-state index is -1.56. The Morgan fingerprint density at radius 1 is 1.00 bits per heavy atom. The fourth-order valence-electron chi connectivity index (χ4n) is 2.64. The number of hydrogen-bond acceptors (Lipinski definition) is 5. The molecule has 3 rings (SSSR count). The Labute approximate surface area is 190 Å². The molecule has 0 aliphatic rings. The molecular formula is C22H17ClF4N2O4. The standard InChI is InChI=1S/C22H17ClF4N2O4/c23-16-9-15(21(20(27)19(16)26)28-18-7-6-12(24)8-17(18)25)22(31)29-33-11-13(30)10-32-14-4-2-1-3-5-14/h1-9,13,28,30H,10-11H2,(H,29,31). The quantitative estimate of drug-likeness (QED) is 0.232. The molecule has 0 fully saturated rings. The molecule has 174 valence electrons. The molecule has 3 aromatic rings. The van der Waals surface area contributed by atoms with Gasteiger partial charge in [0.1, 0.15) is 36.7 Å². The molecule has 11 heteroatoms. The van der Waals surface area contributed by atoms with Crippen molar-refractivity contribution >= 4 is 28.9 Å². The fourth-order valence-corrected chi connectivity index (χ4v) is 2.83. The number of hydroxylamine groups is 1. The van der Waals surface area contributed by atoms with Crippen LogP contribution in [-0.4, -0.2) is 30.3 Å². The zero-order valence-electron chi connectivity index (χ0n) is 16.7. The van der Waals surface area contributed by atoms with Gasteiger partial charge in [-0.1, -0.05) is 29.8 Å². The Kier molecular flexibility index (Phi) is 8.10. The highest BCUT2D eigenvalue weighted by Gasteiger charge is 2.23. The number of rotatable bonds is 9. The molecule has 1 unspecified atom stereocenters. The van der Waals surface area contributed by atoms with Gasteiger partial charge in [-0.15, -0.1) is 0 Å². The number of carbonyl (C=O) groups is 1. The van der Waals surface area contributed by atoms with Crippen LogP contribution in [0.2, 0.25) is 5.02 Å². The van der Waals surface area contributed by atoms with E-state index in [4.69, 9.17) is 21.2 Å². The van der Waals surface area contributed by atoms with Gasteiger partial charge >= 0.3 is 0 Å². The third-order valence-electron chi connectivity index (χ3n) is 4.22. The van der Waals surface area contributed by atoms with Crippen molar-refractivity contribution in [2.24, 2.45) is 0 Å². The fraction of sp³-hybridized carbons (Fsp3) is 0.136. The van der Waals surface area contributed by atoms with Gasteiger partial charge in [-0.05, 0) is 30.3 Å². The lowest BCUT2D eigenvalue weighted by Gasteiger charge is -2.16. The van der Waals surface area contributed by atoms with Crippen LogP contribution in [0.3, 0.4) is 0 Å². The van der Waals surface area contributed by atoms with Crippen molar-refractivity contribution in [2.45, 2.75) is 6.10 Å². The zero-order valence-corrected chi connectivity index (χ0v) is 17.5. The third-order valence-corrected chi connectivity index (χ3v) is 4.50. The van der Waals surface area contributed by atoms with Gasteiger partial charge < -0.3 is 15.2 Å². The average Bonchev–Trinajstić information content (AvgIpc) is 2.80. The van der Waals surface area contributed by atoms with E-state index in [1.54, 1.807) is 30.3 Å². The lowest BCUT2D eigenvalue weighted by molar-refractivity contribution is -0.0259. The predicted molar refractivity (Wildman–Crippen MR) is 112 cm³/mol. The second-order valence-corrected chi connectivity index (χ2v) is 7.09. The molecule has 1 atom stereocenters. The van der Waals surface area contributed by atoms with E-state index in [0.29, 0.717) is 11.8 Å². The van der Waals surface area contributed by atoms with Gasteiger partial charge in [0.15, 0.2) is 11.6 Å². The second-order valence-electron chi connectivity index (χ2n) is 6.68. The molecule has 0 aromatic heterocycles. The zero-order chi connectivity index (χ0) is 24.0. The molecule has 0 aliphatic heterocycles. The van der Waals surface area contributed by atoms with Crippen molar-refractivity contribution in [3.8, 4) is 5.75 Å². The molecule has 3 aromatic carbocycles. The van der Waals surface area contributed by atoms with Crippen molar-refractivity contribution in [3.63, 3.8) is 0 Å². The van der Waals surface area contributed by atoms with Crippen molar-refractivity contribution in [1.29, 1.82) is 0 Å². The van der Waals surface area contributed by atoms with Crippen LogP contribution < -0.4 is 15.5 Å². The topological polar surface area (TPSA) is 79.8 Å². The van der Waals surface area contributed by atoms with Crippen LogP contribution in [-0.2, 0) is 4.84 Å². The number of halogens is 5. The maximum atomic E-state index is 14.5. The Hall–Kier alpha value is -3.34. The molecule has 0 saturated heterocycles. The maximum Gasteiger partial charge on any atom is 0.277 e. The number of nitrogens with one attached hydrogen (secondary N) is 2. The van der Waals surface area contributed by atoms with Crippen LogP contribution in [0.25, 0.3) is 0 Å². The van der Waals surface area contributed by atoms with Crippen molar-refractivity contribution < 1.29 is 37.0 Å². The number of hydrogen-bond donors (Lipinski definition) is 3. The molecule has 0 saturated carbocycles. The van der Waals surface area contributed by atoms with Crippen LogP contribution >= 0.6 is 11.6 Å². The summed E-state index contributed by atoms with van der Waals surface area (Å²) in [4.78, 5) is 17.4. The molecule has 1 amide bonds. The van der Waals surface area contributed by atoms with Gasteiger partial charge in [-0.3, -0.25) is 9.63 Å². The Bertz CT molecular complexity index is 1140. The van der Waals surface area contributed by atoms with Gasteiger partial charge in [0, 0.05) is 6.07 Å². The number of aliphatic hydroxyl groups is 1. The summed E-state index contributed by atoms with van der Waals surface area (Å²) in [7, 11) is 0. The van der Waals surface area contributed by atoms with E-state index >= 15 is 0 Å². The highest BCUT2D eigenvalue weighted by molar-refractivity contribution is 6.31. The lowest BCUT2D eigenvalue weighted by Crippen LogP contribution is -2.31. The van der Waals surface area contributed by atoms with E-state index in [1.807, 2.05) is 5.48 Å². The number of anilines is 2. The molecule has 33 heavy (non-hydrogen) atoms. The Balaban J connectivity index is 1.67. The molecule has 6 nitrogen and oxygen atoms in total. The van der Waals surface area contributed by atoms with Crippen LogP contribution in [0.5, 0.6) is 5.75 Å². The summed E-state index contributed by atoms with van der Waals surface area (Å²) in [5.74, 6) is -5.59. The molecule has 0 spiro atoms. The number of para-hydroxylation sites is 1. The van der Waals surface area contributed by atoms with Gasteiger partial charge in [0.2, 0.25) is 0 Å².